The normalized spacial score (nSPS) is 17.8. The molecule has 144 valence electrons. The summed E-state index contributed by atoms with van der Waals surface area (Å²) in [5.74, 6) is 0.178. The van der Waals surface area contributed by atoms with Crippen LogP contribution < -0.4 is 10.0 Å². The first kappa shape index (κ1) is 20.4. The Balaban J connectivity index is 1.95. The number of piperidine rings is 1. The van der Waals surface area contributed by atoms with E-state index >= 15 is 0 Å². The van der Waals surface area contributed by atoms with Gasteiger partial charge in [0, 0.05) is 31.6 Å². The molecule has 0 spiro atoms. The maximum Gasteiger partial charge on any atom is 0.251 e. The van der Waals surface area contributed by atoms with Crippen LogP contribution in [0.5, 0.6) is 0 Å². The van der Waals surface area contributed by atoms with Crippen molar-refractivity contribution in [3.63, 3.8) is 0 Å². The van der Waals surface area contributed by atoms with Crippen LogP contribution in [0.3, 0.4) is 0 Å². The number of likely N-dealkylation sites (tertiary alicyclic amines) is 1. The van der Waals surface area contributed by atoms with E-state index in [4.69, 9.17) is 0 Å². The van der Waals surface area contributed by atoms with Crippen molar-refractivity contribution in [1.82, 2.24) is 14.9 Å². The van der Waals surface area contributed by atoms with E-state index in [1.165, 1.54) is 19.2 Å². The van der Waals surface area contributed by atoms with E-state index in [2.05, 4.69) is 17.0 Å². The van der Waals surface area contributed by atoms with Gasteiger partial charge < -0.3 is 10.2 Å². The highest BCUT2D eigenvalue weighted by Crippen LogP contribution is 2.17. The summed E-state index contributed by atoms with van der Waals surface area (Å²) in [6.45, 7) is 5.65. The lowest BCUT2D eigenvalue weighted by atomic mass is 10.00. The Kier molecular flexibility index (Phi) is 6.77. The summed E-state index contributed by atoms with van der Waals surface area (Å²) >= 11 is 0. The number of aryl methyl sites for hydroxylation is 1. The minimum absolute atomic E-state index is 0.0362. The first-order chi connectivity index (χ1) is 12.2. The molecule has 0 bridgehead atoms. The number of hydrogen-bond donors (Lipinski definition) is 2. The van der Waals surface area contributed by atoms with E-state index in [1.807, 2.05) is 4.90 Å². The highest BCUT2D eigenvalue weighted by atomic mass is 32.2. The van der Waals surface area contributed by atoms with Gasteiger partial charge in [0.15, 0.2) is 0 Å². The second-order valence-corrected chi connectivity index (χ2v) is 8.66. The average molecular weight is 381 g/mol. The van der Waals surface area contributed by atoms with E-state index in [0.29, 0.717) is 17.0 Å². The van der Waals surface area contributed by atoms with Crippen LogP contribution in [-0.4, -0.2) is 51.8 Å². The number of nitrogens with zero attached hydrogens (tertiary/aromatic N) is 1. The van der Waals surface area contributed by atoms with Gasteiger partial charge in [-0.25, -0.2) is 13.1 Å². The number of hydrogen-bond acceptors (Lipinski definition) is 4. The number of amides is 2. The van der Waals surface area contributed by atoms with Gasteiger partial charge in [0.1, 0.15) is 0 Å². The molecule has 0 aromatic heterocycles. The Labute approximate surface area is 155 Å². The van der Waals surface area contributed by atoms with Gasteiger partial charge in [-0.1, -0.05) is 13.0 Å². The summed E-state index contributed by atoms with van der Waals surface area (Å²) < 4.78 is 26.0. The van der Waals surface area contributed by atoms with Gasteiger partial charge in [-0.15, -0.1) is 0 Å². The van der Waals surface area contributed by atoms with Crippen molar-refractivity contribution >= 4 is 21.8 Å². The van der Waals surface area contributed by atoms with E-state index in [-0.39, 0.29) is 29.7 Å². The van der Waals surface area contributed by atoms with Gasteiger partial charge in [-0.3, -0.25) is 9.59 Å². The number of carbonyl (C=O) groups excluding carboxylic acids is 2. The Bertz CT molecular complexity index is 777. The molecule has 2 rings (SSSR count). The molecule has 1 atom stereocenters. The van der Waals surface area contributed by atoms with Crippen molar-refractivity contribution in [1.29, 1.82) is 0 Å². The molecule has 1 heterocycles. The van der Waals surface area contributed by atoms with Crippen molar-refractivity contribution in [2.24, 2.45) is 5.92 Å². The Morgan fingerprint density at radius 1 is 1.31 bits per heavy atom. The lowest BCUT2D eigenvalue weighted by molar-refractivity contribution is -0.132. The molecule has 2 N–H and O–H groups in total. The minimum Gasteiger partial charge on any atom is -0.352 e. The Hall–Kier alpha value is -1.93. The van der Waals surface area contributed by atoms with Crippen LogP contribution in [0.4, 0.5) is 0 Å². The van der Waals surface area contributed by atoms with Crippen molar-refractivity contribution in [2.75, 3.05) is 26.7 Å². The summed E-state index contributed by atoms with van der Waals surface area (Å²) in [7, 11) is -2.29. The number of carbonyl (C=O) groups is 2. The molecular weight excluding hydrogens is 354 g/mol. The fourth-order valence-corrected chi connectivity index (χ4v) is 3.84. The molecule has 0 radical (unpaired) electrons. The van der Waals surface area contributed by atoms with E-state index < -0.39 is 10.0 Å². The second-order valence-electron chi connectivity index (χ2n) is 6.78. The summed E-state index contributed by atoms with van der Waals surface area (Å²) in [6.07, 6.45) is 2.41. The largest absolute Gasteiger partial charge is 0.352 e. The summed E-state index contributed by atoms with van der Waals surface area (Å²) in [5.41, 5.74) is 0.967. The lowest BCUT2D eigenvalue weighted by Crippen LogP contribution is -2.40. The highest BCUT2D eigenvalue weighted by Gasteiger charge is 2.21. The quantitative estimate of drug-likeness (QED) is 0.776. The number of nitrogens with one attached hydrogen (secondary N) is 2. The minimum atomic E-state index is -3.62. The van der Waals surface area contributed by atoms with Crippen molar-refractivity contribution in [2.45, 2.75) is 38.0 Å². The molecule has 7 nitrogen and oxygen atoms in total. The predicted molar refractivity (Wildman–Crippen MR) is 99.4 cm³/mol. The molecule has 1 fully saturated rings. The molecule has 0 saturated carbocycles. The molecule has 2 amide bonds. The van der Waals surface area contributed by atoms with Gasteiger partial charge in [0.25, 0.3) is 5.91 Å². The molecule has 1 saturated heterocycles. The lowest BCUT2D eigenvalue weighted by Gasteiger charge is -2.31. The third-order valence-corrected chi connectivity index (χ3v) is 6.08. The third-order valence-electron chi connectivity index (χ3n) is 4.67. The fourth-order valence-electron chi connectivity index (χ4n) is 3.08. The van der Waals surface area contributed by atoms with Crippen LogP contribution in [0.1, 0.15) is 42.1 Å². The van der Waals surface area contributed by atoms with E-state index in [9.17, 15) is 18.0 Å². The summed E-state index contributed by atoms with van der Waals surface area (Å²) in [6, 6.07) is 4.41. The van der Waals surface area contributed by atoms with Crippen LogP contribution >= 0.6 is 0 Å². The SMILES string of the molecule is CNS(=O)(=O)c1ccc(C)c(C(=O)NCCC(=O)N2CCCC(C)C2)c1. The molecule has 1 aromatic rings. The van der Waals surface area contributed by atoms with Gasteiger partial charge in [-0.05, 0) is 50.4 Å². The van der Waals surface area contributed by atoms with Crippen LogP contribution in [0.2, 0.25) is 0 Å². The zero-order valence-electron chi connectivity index (χ0n) is 15.5. The number of benzene rings is 1. The smallest absolute Gasteiger partial charge is 0.251 e. The molecule has 26 heavy (non-hydrogen) atoms. The molecule has 1 aromatic carbocycles. The molecule has 1 aliphatic heterocycles. The zero-order chi connectivity index (χ0) is 19.3. The molecule has 1 unspecified atom stereocenters. The van der Waals surface area contributed by atoms with Crippen molar-refractivity contribution < 1.29 is 18.0 Å². The predicted octanol–water partition coefficient (Wildman–Crippen LogP) is 1.28. The van der Waals surface area contributed by atoms with Crippen molar-refractivity contribution in [3.8, 4) is 0 Å². The van der Waals surface area contributed by atoms with Gasteiger partial charge in [-0.2, -0.15) is 0 Å². The maximum atomic E-state index is 12.4. The van der Waals surface area contributed by atoms with E-state index in [0.717, 1.165) is 25.9 Å². The van der Waals surface area contributed by atoms with Crippen LogP contribution in [0.15, 0.2) is 23.1 Å². The Morgan fingerprint density at radius 2 is 2.04 bits per heavy atom. The van der Waals surface area contributed by atoms with Crippen LogP contribution in [0.25, 0.3) is 0 Å². The average Bonchev–Trinajstić information content (AvgIpc) is 2.61. The summed E-state index contributed by atoms with van der Waals surface area (Å²) in [5, 5.41) is 2.72. The highest BCUT2D eigenvalue weighted by molar-refractivity contribution is 7.89. The molecular formula is C18H27N3O4S. The van der Waals surface area contributed by atoms with Crippen LogP contribution in [-0.2, 0) is 14.8 Å². The van der Waals surface area contributed by atoms with Gasteiger partial charge >= 0.3 is 0 Å². The molecule has 8 heteroatoms. The van der Waals surface area contributed by atoms with Gasteiger partial charge in [0.05, 0.1) is 4.90 Å². The number of sulfonamides is 1. The Morgan fingerprint density at radius 3 is 2.69 bits per heavy atom. The number of rotatable bonds is 6. The standard InChI is InChI=1S/C18H27N3O4S/c1-13-5-4-10-21(12-13)17(22)8-9-20-18(23)16-11-15(7-6-14(16)2)26(24,25)19-3/h6-7,11,13,19H,4-5,8-10,12H2,1-3H3,(H,20,23). The fraction of sp³-hybridized carbons (Fsp3) is 0.556. The monoisotopic (exact) mass is 381 g/mol. The maximum absolute atomic E-state index is 12.4. The zero-order valence-corrected chi connectivity index (χ0v) is 16.4. The molecule has 0 aliphatic carbocycles. The molecule has 1 aliphatic rings. The van der Waals surface area contributed by atoms with E-state index in [1.54, 1.807) is 13.0 Å². The van der Waals surface area contributed by atoms with Gasteiger partial charge in [0.2, 0.25) is 15.9 Å². The topological polar surface area (TPSA) is 95.6 Å². The second kappa shape index (κ2) is 8.64. The first-order valence-electron chi connectivity index (χ1n) is 8.84. The van der Waals surface area contributed by atoms with Crippen molar-refractivity contribution in [3.05, 3.63) is 29.3 Å². The van der Waals surface area contributed by atoms with Crippen LogP contribution in [0, 0.1) is 12.8 Å². The first-order valence-corrected chi connectivity index (χ1v) is 10.3. The third kappa shape index (κ3) is 5.04. The summed E-state index contributed by atoms with van der Waals surface area (Å²) in [4.78, 5) is 26.5.